The molecule has 6 heteroatoms. The molecule has 0 aromatic carbocycles. The molecule has 0 aromatic rings. The molecule has 1 saturated heterocycles. The SMILES string of the molecule is CC(=O)NC(C(=O)N1CCN(C(=O)C2CCCC2)CC1)C1CCCC1. The first-order valence-electron chi connectivity index (χ1n) is 9.91. The largest absolute Gasteiger partial charge is 0.344 e. The van der Waals surface area contributed by atoms with Crippen molar-refractivity contribution in [2.75, 3.05) is 26.2 Å². The standard InChI is InChI=1S/C19H31N3O3/c1-14(23)20-17(15-6-2-3-7-15)19(25)22-12-10-21(11-13-22)18(24)16-8-4-5-9-16/h15-17H,2-13H2,1H3,(H,20,23). The van der Waals surface area contributed by atoms with Gasteiger partial charge in [0, 0.05) is 39.0 Å². The number of piperazine rings is 1. The summed E-state index contributed by atoms with van der Waals surface area (Å²) in [6.45, 7) is 3.89. The maximum atomic E-state index is 13.0. The van der Waals surface area contributed by atoms with E-state index in [0.717, 1.165) is 51.4 Å². The topological polar surface area (TPSA) is 69.7 Å². The van der Waals surface area contributed by atoms with E-state index in [4.69, 9.17) is 0 Å². The van der Waals surface area contributed by atoms with E-state index in [-0.39, 0.29) is 29.6 Å². The van der Waals surface area contributed by atoms with E-state index in [0.29, 0.717) is 26.2 Å². The van der Waals surface area contributed by atoms with Crippen molar-refractivity contribution in [3.63, 3.8) is 0 Å². The summed E-state index contributed by atoms with van der Waals surface area (Å²) in [4.78, 5) is 40.8. The molecule has 0 aromatic heterocycles. The van der Waals surface area contributed by atoms with Gasteiger partial charge in [-0.05, 0) is 31.6 Å². The van der Waals surface area contributed by atoms with E-state index in [2.05, 4.69) is 5.32 Å². The number of nitrogens with zero attached hydrogens (tertiary/aromatic N) is 2. The molecule has 1 heterocycles. The molecule has 1 atom stereocenters. The molecular weight excluding hydrogens is 318 g/mol. The summed E-state index contributed by atoms with van der Waals surface area (Å²) in [6, 6.07) is -0.392. The van der Waals surface area contributed by atoms with Gasteiger partial charge < -0.3 is 15.1 Å². The van der Waals surface area contributed by atoms with Crippen molar-refractivity contribution >= 4 is 17.7 Å². The third-order valence-corrected chi connectivity index (χ3v) is 6.10. The maximum Gasteiger partial charge on any atom is 0.245 e. The lowest BCUT2D eigenvalue weighted by Crippen LogP contribution is -2.57. The van der Waals surface area contributed by atoms with Gasteiger partial charge in [0.2, 0.25) is 17.7 Å². The summed E-state index contributed by atoms with van der Waals surface area (Å²) in [5.41, 5.74) is 0. The molecule has 0 bridgehead atoms. The number of carbonyl (C=O) groups excluding carboxylic acids is 3. The fourth-order valence-corrected chi connectivity index (χ4v) is 4.67. The van der Waals surface area contributed by atoms with Crippen LogP contribution in [-0.4, -0.2) is 59.7 Å². The van der Waals surface area contributed by atoms with Crippen LogP contribution in [0.4, 0.5) is 0 Å². The second kappa shape index (κ2) is 8.19. The first-order chi connectivity index (χ1) is 12.1. The summed E-state index contributed by atoms with van der Waals surface area (Å²) in [5, 5.41) is 2.89. The van der Waals surface area contributed by atoms with E-state index in [1.54, 1.807) is 0 Å². The van der Waals surface area contributed by atoms with Crippen LogP contribution in [0, 0.1) is 11.8 Å². The summed E-state index contributed by atoms with van der Waals surface area (Å²) in [7, 11) is 0. The second-order valence-corrected chi connectivity index (χ2v) is 7.85. The lowest BCUT2D eigenvalue weighted by Gasteiger charge is -2.38. The Balaban J connectivity index is 1.55. The highest BCUT2D eigenvalue weighted by molar-refractivity contribution is 5.87. The molecule has 1 aliphatic heterocycles. The van der Waals surface area contributed by atoms with Gasteiger partial charge in [-0.25, -0.2) is 0 Å². The first kappa shape index (κ1) is 18.2. The number of rotatable bonds is 4. The maximum absolute atomic E-state index is 13.0. The number of nitrogens with one attached hydrogen (secondary N) is 1. The average molecular weight is 349 g/mol. The number of hydrogen-bond acceptors (Lipinski definition) is 3. The van der Waals surface area contributed by atoms with Crippen LogP contribution in [0.1, 0.15) is 58.3 Å². The van der Waals surface area contributed by atoms with E-state index < -0.39 is 6.04 Å². The van der Waals surface area contributed by atoms with Crippen LogP contribution in [0.3, 0.4) is 0 Å². The van der Waals surface area contributed by atoms with Crippen LogP contribution in [0.25, 0.3) is 0 Å². The molecule has 0 radical (unpaired) electrons. The predicted molar refractivity (Wildman–Crippen MR) is 94.7 cm³/mol. The fraction of sp³-hybridized carbons (Fsp3) is 0.842. The highest BCUT2D eigenvalue weighted by atomic mass is 16.2. The molecule has 1 unspecified atom stereocenters. The van der Waals surface area contributed by atoms with Crippen molar-refractivity contribution in [1.29, 1.82) is 0 Å². The molecule has 3 aliphatic rings. The molecule has 3 amide bonds. The van der Waals surface area contributed by atoms with Gasteiger partial charge in [-0.15, -0.1) is 0 Å². The smallest absolute Gasteiger partial charge is 0.245 e. The molecule has 140 valence electrons. The summed E-state index contributed by atoms with van der Waals surface area (Å²) < 4.78 is 0. The Morgan fingerprint density at radius 1 is 0.840 bits per heavy atom. The van der Waals surface area contributed by atoms with Gasteiger partial charge in [-0.3, -0.25) is 14.4 Å². The molecule has 3 rings (SSSR count). The van der Waals surface area contributed by atoms with Crippen LogP contribution < -0.4 is 5.32 Å². The molecule has 2 aliphatic carbocycles. The van der Waals surface area contributed by atoms with Crippen molar-refractivity contribution in [1.82, 2.24) is 15.1 Å². The van der Waals surface area contributed by atoms with E-state index in [9.17, 15) is 14.4 Å². The second-order valence-electron chi connectivity index (χ2n) is 7.85. The Morgan fingerprint density at radius 3 is 1.92 bits per heavy atom. The molecule has 3 fully saturated rings. The third kappa shape index (κ3) is 4.33. The normalized spacial score (nSPS) is 23.7. The first-order valence-corrected chi connectivity index (χ1v) is 9.91. The van der Waals surface area contributed by atoms with E-state index >= 15 is 0 Å². The van der Waals surface area contributed by atoms with Crippen LogP contribution in [0.5, 0.6) is 0 Å². The third-order valence-electron chi connectivity index (χ3n) is 6.10. The van der Waals surface area contributed by atoms with Gasteiger partial charge in [-0.1, -0.05) is 25.7 Å². The Hall–Kier alpha value is -1.59. The van der Waals surface area contributed by atoms with Crippen LogP contribution in [0.15, 0.2) is 0 Å². The minimum Gasteiger partial charge on any atom is -0.344 e. The Morgan fingerprint density at radius 2 is 1.36 bits per heavy atom. The molecular formula is C19H31N3O3. The minimum absolute atomic E-state index is 0.0371. The fourth-order valence-electron chi connectivity index (χ4n) is 4.67. The van der Waals surface area contributed by atoms with Crippen molar-refractivity contribution in [2.45, 2.75) is 64.3 Å². The number of carbonyl (C=O) groups is 3. The van der Waals surface area contributed by atoms with E-state index in [1.165, 1.54) is 6.92 Å². The van der Waals surface area contributed by atoms with Gasteiger partial charge in [0.05, 0.1) is 0 Å². The van der Waals surface area contributed by atoms with Crippen LogP contribution in [-0.2, 0) is 14.4 Å². The molecule has 1 N–H and O–H groups in total. The van der Waals surface area contributed by atoms with Crippen molar-refractivity contribution < 1.29 is 14.4 Å². The predicted octanol–water partition coefficient (Wildman–Crippen LogP) is 1.54. The van der Waals surface area contributed by atoms with Crippen molar-refractivity contribution in [2.24, 2.45) is 11.8 Å². The summed E-state index contributed by atoms with van der Waals surface area (Å²) in [5.74, 6) is 0.636. The van der Waals surface area contributed by atoms with E-state index in [1.807, 2.05) is 9.80 Å². The lowest BCUT2D eigenvalue weighted by atomic mass is 9.96. The monoisotopic (exact) mass is 349 g/mol. The van der Waals surface area contributed by atoms with Gasteiger partial charge in [-0.2, -0.15) is 0 Å². The lowest BCUT2D eigenvalue weighted by molar-refractivity contribution is -0.144. The van der Waals surface area contributed by atoms with Gasteiger partial charge in [0.1, 0.15) is 6.04 Å². The Labute approximate surface area is 150 Å². The number of hydrogen-bond donors (Lipinski definition) is 1. The molecule has 6 nitrogen and oxygen atoms in total. The highest BCUT2D eigenvalue weighted by Gasteiger charge is 2.36. The van der Waals surface area contributed by atoms with Crippen LogP contribution in [0.2, 0.25) is 0 Å². The highest BCUT2D eigenvalue weighted by Crippen LogP contribution is 2.29. The van der Waals surface area contributed by atoms with Crippen LogP contribution >= 0.6 is 0 Å². The molecule has 2 saturated carbocycles. The zero-order valence-electron chi connectivity index (χ0n) is 15.3. The average Bonchev–Trinajstić information content (AvgIpc) is 3.31. The number of amides is 3. The molecule has 0 spiro atoms. The molecule has 25 heavy (non-hydrogen) atoms. The summed E-state index contributed by atoms with van der Waals surface area (Å²) >= 11 is 0. The Bertz CT molecular complexity index is 502. The zero-order valence-corrected chi connectivity index (χ0v) is 15.3. The van der Waals surface area contributed by atoms with Gasteiger partial charge >= 0.3 is 0 Å². The Kier molecular flexibility index (Phi) is 5.97. The van der Waals surface area contributed by atoms with Crippen molar-refractivity contribution in [3.8, 4) is 0 Å². The van der Waals surface area contributed by atoms with Crippen molar-refractivity contribution in [3.05, 3.63) is 0 Å². The zero-order chi connectivity index (χ0) is 17.8. The van der Waals surface area contributed by atoms with Gasteiger partial charge in [0.25, 0.3) is 0 Å². The quantitative estimate of drug-likeness (QED) is 0.837. The van der Waals surface area contributed by atoms with Gasteiger partial charge in [0.15, 0.2) is 0 Å². The summed E-state index contributed by atoms with van der Waals surface area (Å²) in [6.07, 6.45) is 8.65. The minimum atomic E-state index is -0.392.